The molecule has 2 aromatic heterocycles. The molecule has 4 nitrogen and oxygen atoms in total. The Bertz CT molecular complexity index is 1510. The van der Waals surface area contributed by atoms with Crippen molar-refractivity contribution < 1.29 is 14.0 Å². The minimum Gasteiger partial charge on any atom is -0.437 e. The van der Waals surface area contributed by atoms with Crippen LogP contribution in [0.4, 0.5) is 0 Å². The number of hydrogen-bond acceptors (Lipinski definition) is 5. The smallest absolute Gasteiger partial charge is 0.238 e. The van der Waals surface area contributed by atoms with Crippen molar-refractivity contribution in [3.05, 3.63) is 106 Å². The molecule has 3 aromatic carbocycles. The highest BCUT2D eigenvalue weighted by atomic mass is 32.1. The molecule has 0 saturated heterocycles. The van der Waals surface area contributed by atoms with E-state index in [2.05, 4.69) is 4.98 Å². The number of allylic oxidation sites excluding steroid dienone is 1. The van der Waals surface area contributed by atoms with Gasteiger partial charge in [0.2, 0.25) is 5.71 Å². The van der Waals surface area contributed by atoms with Crippen LogP contribution in [0, 0.1) is 0 Å². The highest BCUT2D eigenvalue weighted by molar-refractivity contribution is 7.19. The Kier molecular flexibility index (Phi) is 4.23. The molecule has 2 heterocycles. The number of Topliss-reactive ketones (excluding diaryl/α,β-unsaturated/α-hetero) is 2. The highest BCUT2D eigenvalue weighted by Crippen LogP contribution is 2.33. The van der Waals surface area contributed by atoms with E-state index < -0.39 is 0 Å². The van der Waals surface area contributed by atoms with Crippen LogP contribution in [0.2, 0.25) is 0 Å². The minimum absolute atomic E-state index is 0.126. The van der Waals surface area contributed by atoms with E-state index in [0.29, 0.717) is 22.6 Å². The summed E-state index contributed by atoms with van der Waals surface area (Å²) >= 11 is 1.50. The number of furan rings is 1. The fourth-order valence-corrected chi connectivity index (χ4v) is 4.77. The fourth-order valence-electron chi connectivity index (χ4n) is 3.93. The molecule has 0 fully saturated rings. The van der Waals surface area contributed by atoms with Crippen LogP contribution in [-0.4, -0.2) is 16.6 Å². The van der Waals surface area contributed by atoms with Crippen LogP contribution in [0.3, 0.4) is 0 Å². The van der Waals surface area contributed by atoms with E-state index in [-0.39, 0.29) is 17.1 Å². The lowest BCUT2D eigenvalue weighted by molar-refractivity contribution is 0.0990. The summed E-state index contributed by atoms with van der Waals surface area (Å²) in [7, 11) is 0. The van der Waals surface area contributed by atoms with E-state index in [1.54, 1.807) is 12.1 Å². The molecule has 152 valence electrons. The maximum Gasteiger partial charge on any atom is 0.238 e. The van der Waals surface area contributed by atoms with Crippen LogP contribution < -0.4 is 0 Å². The van der Waals surface area contributed by atoms with E-state index >= 15 is 0 Å². The molecule has 32 heavy (non-hydrogen) atoms. The Labute approximate surface area is 187 Å². The number of carbonyl (C=O) groups is 2. The summed E-state index contributed by atoms with van der Waals surface area (Å²) in [6, 6.07) is 23.1. The molecule has 1 aliphatic rings. The predicted octanol–water partition coefficient (Wildman–Crippen LogP) is 6.68. The number of fused-ring (bicyclic) bond motifs is 3. The molecule has 0 saturated carbocycles. The normalized spacial score (nSPS) is 13.6. The van der Waals surface area contributed by atoms with Gasteiger partial charge in [-0.2, -0.15) is 0 Å². The molecule has 0 unspecified atom stereocenters. The molecule has 1 aliphatic carbocycles. The molecule has 0 N–H and O–H groups in total. The summed E-state index contributed by atoms with van der Waals surface area (Å²) in [5, 5.41) is 2.70. The number of ketones is 2. The topological polar surface area (TPSA) is 60.2 Å². The van der Waals surface area contributed by atoms with Gasteiger partial charge in [-0.05, 0) is 40.6 Å². The lowest BCUT2D eigenvalue weighted by atomic mass is 10.0. The van der Waals surface area contributed by atoms with Crippen LogP contribution in [-0.2, 0) is 0 Å². The van der Waals surface area contributed by atoms with Gasteiger partial charge in [-0.1, -0.05) is 60.7 Å². The molecule has 0 amide bonds. The minimum atomic E-state index is -0.269. The average Bonchev–Trinajstić information content (AvgIpc) is 3.44. The van der Waals surface area contributed by atoms with Gasteiger partial charge in [0.1, 0.15) is 10.8 Å². The van der Waals surface area contributed by atoms with Gasteiger partial charge in [-0.3, -0.25) is 9.59 Å². The number of rotatable bonds is 3. The monoisotopic (exact) mass is 433 g/mol. The van der Waals surface area contributed by atoms with Gasteiger partial charge in [0.05, 0.1) is 10.3 Å². The van der Waals surface area contributed by atoms with Gasteiger partial charge in [0.25, 0.3) is 0 Å². The Morgan fingerprint density at radius 3 is 2.09 bits per heavy atom. The lowest BCUT2D eigenvalue weighted by Crippen LogP contribution is -1.99. The van der Waals surface area contributed by atoms with Crippen LogP contribution in [0.25, 0.3) is 39.4 Å². The first-order chi connectivity index (χ1) is 15.7. The summed E-state index contributed by atoms with van der Waals surface area (Å²) in [5.41, 5.74) is 2.60. The van der Waals surface area contributed by atoms with Crippen molar-refractivity contribution in [3.63, 3.8) is 0 Å². The standard InChI is InChI=1S/C27H15NO3S/c29-25-20-12-17-8-4-5-9-18(17)13-21(20)26(30)22(25)14-19-15-23-27(31-19)28-24(32-23)11-10-16-6-2-1-3-7-16/h1-15H/b11-10+. The van der Waals surface area contributed by atoms with Crippen molar-refractivity contribution in [2.75, 3.05) is 0 Å². The molecule has 0 atom stereocenters. The first-order valence-corrected chi connectivity index (χ1v) is 10.9. The zero-order valence-corrected chi connectivity index (χ0v) is 17.6. The first kappa shape index (κ1) is 18.7. The van der Waals surface area contributed by atoms with E-state index in [1.807, 2.05) is 72.8 Å². The number of aromatic nitrogens is 1. The molecule has 0 radical (unpaired) electrons. The van der Waals surface area contributed by atoms with Crippen LogP contribution >= 0.6 is 11.3 Å². The molecule has 5 heteroatoms. The number of benzene rings is 3. The first-order valence-electron chi connectivity index (χ1n) is 10.1. The van der Waals surface area contributed by atoms with Crippen molar-refractivity contribution in [1.29, 1.82) is 0 Å². The number of hydrogen-bond donors (Lipinski definition) is 0. The third kappa shape index (κ3) is 3.11. The van der Waals surface area contributed by atoms with Gasteiger partial charge < -0.3 is 4.42 Å². The maximum atomic E-state index is 12.9. The Balaban J connectivity index is 1.32. The van der Waals surface area contributed by atoms with Gasteiger partial charge in [0, 0.05) is 17.2 Å². The largest absolute Gasteiger partial charge is 0.437 e. The van der Waals surface area contributed by atoms with Crippen molar-refractivity contribution in [2.45, 2.75) is 0 Å². The zero-order chi connectivity index (χ0) is 21.7. The Hall–Kier alpha value is -4.09. The summed E-state index contributed by atoms with van der Waals surface area (Å²) in [5.74, 6) is -0.0868. The van der Waals surface area contributed by atoms with Crippen LogP contribution in [0.1, 0.15) is 37.0 Å². The Morgan fingerprint density at radius 1 is 0.781 bits per heavy atom. The fraction of sp³-hybridized carbons (Fsp3) is 0. The number of nitrogens with zero attached hydrogens (tertiary/aromatic N) is 1. The second kappa shape index (κ2) is 7.25. The van der Waals surface area contributed by atoms with Crippen LogP contribution in [0.15, 0.2) is 82.8 Å². The van der Waals surface area contributed by atoms with Gasteiger partial charge in [-0.15, -0.1) is 11.3 Å². The van der Waals surface area contributed by atoms with E-state index in [9.17, 15) is 9.59 Å². The molecule has 0 spiro atoms. The second-order valence-electron chi connectivity index (χ2n) is 7.58. The van der Waals surface area contributed by atoms with Gasteiger partial charge in [-0.25, -0.2) is 4.98 Å². The predicted molar refractivity (Wildman–Crippen MR) is 128 cm³/mol. The quantitative estimate of drug-likeness (QED) is 0.235. The third-order valence-corrected chi connectivity index (χ3v) is 6.44. The van der Waals surface area contributed by atoms with E-state index in [4.69, 9.17) is 4.42 Å². The summed E-state index contributed by atoms with van der Waals surface area (Å²) in [6.07, 6.45) is 5.47. The van der Waals surface area contributed by atoms with Gasteiger partial charge in [0.15, 0.2) is 11.6 Å². The summed E-state index contributed by atoms with van der Waals surface area (Å²) in [6.45, 7) is 0. The number of carbonyl (C=O) groups excluding carboxylic acids is 2. The number of thiazole rings is 1. The average molecular weight is 433 g/mol. The summed E-state index contributed by atoms with van der Waals surface area (Å²) in [4.78, 5) is 30.4. The summed E-state index contributed by atoms with van der Waals surface area (Å²) < 4.78 is 6.69. The highest BCUT2D eigenvalue weighted by Gasteiger charge is 2.33. The Morgan fingerprint density at radius 2 is 1.44 bits per heavy atom. The molecule has 5 aromatic rings. The van der Waals surface area contributed by atoms with Crippen LogP contribution in [0.5, 0.6) is 0 Å². The molecular formula is C27H15NO3S. The van der Waals surface area contributed by atoms with Crippen molar-refractivity contribution >= 4 is 62.3 Å². The lowest BCUT2D eigenvalue weighted by Gasteiger charge is -2.00. The van der Waals surface area contributed by atoms with E-state index in [1.165, 1.54) is 17.4 Å². The second-order valence-corrected chi connectivity index (χ2v) is 8.64. The molecular weight excluding hydrogens is 418 g/mol. The zero-order valence-electron chi connectivity index (χ0n) is 16.7. The van der Waals surface area contributed by atoms with Crippen molar-refractivity contribution in [2.24, 2.45) is 0 Å². The molecule has 0 aliphatic heterocycles. The van der Waals surface area contributed by atoms with E-state index in [0.717, 1.165) is 26.0 Å². The third-order valence-electron chi connectivity index (χ3n) is 5.49. The molecule has 6 rings (SSSR count). The van der Waals surface area contributed by atoms with Crippen molar-refractivity contribution in [3.8, 4) is 0 Å². The van der Waals surface area contributed by atoms with Gasteiger partial charge >= 0.3 is 0 Å². The SMILES string of the molecule is O=C1C(=Cc2cc3sc(/C=C/c4ccccc4)nc3o2)C(=O)c2cc3ccccc3cc21. The van der Waals surface area contributed by atoms with Crippen molar-refractivity contribution in [1.82, 2.24) is 4.98 Å². The maximum absolute atomic E-state index is 12.9. The molecule has 0 bridgehead atoms.